The number of aryl methyl sites for hydroxylation is 1. The van der Waals surface area contributed by atoms with E-state index in [4.69, 9.17) is 0 Å². The van der Waals surface area contributed by atoms with Crippen LogP contribution in [0.1, 0.15) is 19.4 Å². The molecule has 13 heavy (non-hydrogen) atoms. The van der Waals surface area contributed by atoms with Crippen LogP contribution in [0, 0.1) is 6.92 Å². The fourth-order valence-electron chi connectivity index (χ4n) is 0.783. The zero-order valence-electron chi connectivity index (χ0n) is 8.50. The van der Waals surface area contributed by atoms with Crippen LogP contribution in [0.15, 0.2) is 30.3 Å². The quantitative estimate of drug-likeness (QED) is 0.703. The first-order valence-corrected chi connectivity index (χ1v) is 4.43. The highest BCUT2D eigenvalue weighted by Crippen LogP contribution is 1.92. The van der Waals surface area contributed by atoms with Gasteiger partial charge in [-0.05, 0) is 13.8 Å². The predicted octanol–water partition coefficient (Wildman–Crippen LogP) is 2.14. The molecule has 0 atom stereocenters. The average molecular weight is 179 g/mol. The van der Waals surface area contributed by atoms with Crippen LogP contribution >= 0.6 is 0 Å². The number of carbonyl (C=O) groups is 1. The minimum Gasteiger partial charge on any atom is -0.357 e. The minimum absolute atomic E-state index is 0.0394. The highest BCUT2D eigenvalue weighted by molar-refractivity contribution is 5.72. The molecule has 0 radical (unpaired) electrons. The van der Waals surface area contributed by atoms with Gasteiger partial charge in [-0.3, -0.25) is 4.79 Å². The van der Waals surface area contributed by atoms with E-state index in [1.54, 1.807) is 0 Å². The molecule has 0 fully saturated rings. The summed E-state index contributed by atoms with van der Waals surface area (Å²) in [4.78, 5) is 9.93. The van der Waals surface area contributed by atoms with Crippen molar-refractivity contribution in [1.82, 2.24) is 5.32 Å². The summed E-state index contributed by atoms with van der Waals surface area (Å²) in [5, 5.41) is 2.57. The van der Waals surface area contributed by atoms with E-state index in [-0.39, 0.29) is 5.91 Å². The van der Waals surface area contributed by atoms with E-state index >= 15 is 0 Å². The SMILES string of the molecule is CCNC(C)=O.Cc1ccccc1. The van der Waals surface area contributed by atoms with Gasteiger partial charge in [-0.2, -0.15) is 0 Å². The Morgan fingerprint density at radius 2 is 1.85 bits per heavy atom. The van der Waals surface area contributed by atoms with E-state index in [2.05, 4.69) is 24.4 Å². The number of rotatable bonds is 1. The molecule has 0 heterocycles. The van der Waals surface area contributed by atoms with Gasteiger partial charge in [0.15, 0.2) is 0 Å². The molecule has 2 heteroatoms. The molecule has 1 rings (SSSR count). The Labute approximate surface area is 80.0 Å². The van der Waals surface area contributed by atoms with E-state index in [1.165, 1.54) is 12.5 Å². The lowest BCUT2D eigenvalue weighted by Gasteiger charge is -1.88. The Balaban J connectivity index is 0.000000226. The Hall–Kier alpha value is -1.31. The monoisotopic (exact) mass is 179 g/mol. The summed E-state index contributed by atoms with van der Waals surface area (Å²) in [5.41, 5.74) is 1.32. The molecule has 1 aromatic rings. The number of amides is 1. The number of carbonyl (C=O) groups excluding carboxylic acids is 1. The summed E-state index contributed by atoms with van der Waals surface area (Å²) in [6.07, 6.45) is 0. The maximum atomic E-state index is 9.93. The maximum absolute atomic E-state index is 9.93. The zero-order valence-corrected chi connectivity index (χ0v) is 8.50. The molecule has 72 valence electrons. The predicted molar refractivity (Wildman–Crippen MR) is 55.5 cm³/mol. The second-order valence-corrected chi connectivity index (χ2v) is 2.74. The van der Waals surface area contributed by atoms with Crippen molar-refractivity contribution in [3.05, 3.63) is 35.9 Å². The second-order valence-electron chi connectivity index (χ2n) is 2.74. The molecule has 1 amide bonds. The van der Waals surface area contributed by atoms with Crippen molar-refractivity contribution < 1.29 is 4.79 Å². The summed E-state index contributed by atoms with van der Waals surface area (Å²) < 4.78 is 0. The molecule has 0 spiro atoms. The normalized spacial score (nSPS) is 8.23. The standard InChI is InChI=1S/C7H8.C4H9NO/c1-7-5-3-2-4-6-7;1-3-5-4(2)6/h2-6H,1H3;3H2,1-2H3,(H,5,6). The van der Waals surface area contributed by atoms with Gasteiger partial charge < -0.3 is 5.32 Å². The summed E-state index contributed by atoms with van der Waals surface area (Å²) in [6.45, 7) is 6.21. The van der Waals surface area contributed by atoms with Crippen LogP contribution in [-0.2, 0) is 4.79 Å². The van der Waals surface area contributed by atoms with Gasteiger partial charge in [0.1, 0.15) is 0 Å². The maximum Gasteiger partial charge on any atom is 0.216 e. The van der Waals surface area contributed by atoms with Crippen LogP contribution in [0.25, 0.3) is 0 Å². The number of hydrogen-bond donors (Lipinski definition) is 1. The fraction of sp³-hybridized carbons (Fsp3) is 0.364. The molecule has 0 aromatic heterocycles. The van der Waals surface area contributed by atoms with Crippen molar-refractivity contribution in [2.75, 3.05) is 6.54 Å². The minimum atomic E-state index is 0.0394. The smallest absolute Gasteiger partial charge is 0.216 e. The van der Waals surface area contributed by atoms with Crippen molar-refractivity contribution in [2.45, 2.75) is 20.8 Å². The molecule has 1 aromatic carbocycles. The first-order chi connectivity index (χ1) is 6.16. The first-order valence-electron chi connectivity index (χ1n) is 4.43. The molecule has 0 bridgehead atoms. The van der Waals surface area contributed by atoms with Crippen molar-refractivity contribution in [1.29, 1.82) is 0 Å². The van der Waals surface area contributed by atoms with E-state index in [0.717, 1.165) is 6.54 Å². The number of hydrogen-bond acceptors (Lipinski definition) is 1. The van der Waals surface area contributed by atoms with Crippen LogP contribution in [0.5, 0.6) is 0 Å². The van der Waals surface area contributed by atoms with Gasteiger partial charge in [0.25, 0.3) is 0 Å². The summed E-state index contributed by atoms with van der Waals surface area (Å²) >= 11 is 0. The van der Waals surface area contributed by atoms with E-state index in [9.17, 15) is 4.79 Å². The molecule has 0 aliphatic carbocycles. The summed E-state index contributed by atoms with van der Waals surface area (Å²) in [6, 6.07) is 10.3. The van der Waals surface area contributed by atoms with E-state index < -0.39 is 0 Å². The Morgan fingerprint density at radius 1 is 1.31 bits per heavy atom. The summed E-state index contributed by atoms with van der Waals surface area (Å²) in [5.74, 6) is 0.0394. The van der Waals surface area contributed by atoms with Crippen LogP contribution in [0.2, 0.25) is 0 Å². The van der Waals surface area contributed by atoms with Crippen LogP contribution in [-0.4, -0.2) is 12.5 Å². The molecule has 0 saturated heterocycles. The van der Waals surface area contributed by atoms with Crippen LogP contribution in [0.3, 0.4) is 0 Å². The van der Waals surface area contributed by atoms with Crippen molar-refractivity contribution >= 4 is 5.91 Å². The van der Waals surface area contributed by atoms with Gasteiger partial charge >= 0.3 is 0 Å². The fourth-order valence-corrected chi connectivity index (χ4v) is 0.783. The third-order valence-electron chi connectivity index (χ3n) is 1.37. The molecular formula is C11H17NO. The van der Waals surface area contributed by atoms with Gasteiger partial charge in [-0.15, -0.1) is 0 Å². The van der Waals surface area contributed by atoms with Crippen molar-refractivity contribution in [3.63, 3.8) is 0 Å². The Kier molecular flexibility index (Phi) is 6.60. The molecule has 0 aliphatic heterocycles. The molecule has 2 nitrogen and oxygen atoms in total. The Bertz CT molecular complexity index is 231. The lowest BCUT2D eigenvalue weighted by atomic mass is 10.2. The van der Waals surface area contributed by atoms with Gasteiger partial charge in [0.05, 0.1) is 0 Å². The van der Waals surface area contributed by atoms with Gasteiger partial charge in [0.2, 0.25) is 5.91 Å². The largest absolute Gasteiger partial charge is 0.357 e. The van der Waals surface area contributed by atoms with Gasteiger partial charge in [-0.25, -0.2) is 0 Å². The lowest BCUT2D eigenvalue weighted by molar-refractivity contribution is -0.118. The van der Waals surface area contributed by atoms with Gasteiger partial charge in [0, 0.05) is 13.5 Å². The summed E-state index contributed by atoms with van der Waals surface area (Å²) in [7, 11) is 0. The number of nitrogens with one attached hydrogen (secondary N) is 1. The zero-order chi connectivity index (χ0) is 10.1. The lowest BCUT2D eigenvalue weighted by Crippen LogP contribution is -2.18. The second kappa shape index (κ2) is 7.35. The highest BCUT2D eigenvalue weighted by Gasteiger charge is 1.79. The van der Waals surface area contributed by atoms with Crippen LogP contribution < -0.4 is 5.32 Å². The molecule has 0 unspecified atom stereocenters. The average Bonchev–Trinajstić information content (AvgIpc) is 2.06. The highest BCUT2D eigenvalue weighted by atomic mass is 16.1. The third-order valence-corrected chi connectivity index (χ3v) is 1.37. The topological polar surface area (TPSA) is 29.1 Å². The van der Waals surface area contributed by atoms with Gasteiger partial charge in [-0.1, -0.05) is 35.9 Å². The molecule has 1 N–H and O–H groups in total. The van der Waals surface area contributed by atoms with E-state index in [0.29, 0.717) is 0 Å². The van der Waals surface area contributed by atoms with Crippen molar-refractivity contribution in [3.8, 4) is 0 Å². The molecular weight excluding hydrogens is 162 g/mol. The molecule has 0 saturated carbocycles. The first kappa shape index (κ1) is 11.7. The molecule has 0 aliphatic rings. The van der Waals surface area contributed by atoms with E-state index in [1.807, 2.05) is 25.1 Å². The van der Waals surface area contributed by atoms with Crippen molar-refractivity contribution in [2.24, 2.45) is 0 Å². The Morgan fingerprint density at radius 3 is 2.00 bits per heavy atom. The third kappa shape index (κ3) is 8.60. The van der Waals surface area contributed by atoms with Crippen LogP contribution in [0.4, 0.5) is 0 Å². The number of benzene rings is 1.